The van der Waals surface area contributed by atoms with Crippen molar-refractivity contribution in [2.24, 2.45) is 0 Å². The lowest BCUT2D eigenvalue weighted by Crippen LogP contribution is -2.17. The second kappa shape index (κ2) is 93.9. The molecule has 8 bridgehead atoms. The third-order valence-electron chi connectivity index (χ3n) is 28.9. The molecule has 144 heavy (non-hydrogen) atoms. The fraction of sp³-hybridized carbons (Fsp3) is 0.806. The Balaban J connectivity index is 1.76. The number of alkyl halides is 8. The molecular formula is C124H208F8O8S4. The second-order valence-corrected chi connectivity index (χ2v) is 45.9. The predicted molar refractivity (Wildman–Crippen MR) is 611 cm³/mol. The maximum absolute atomic E-state index is 15.4. The van der Waals surface area contributed by atoms with Gasteiger partial charge in [-0.1, -0.05) is 387 Å². The van der Waals surface area contributed by atoms with Crippen LogP contribution in [0.2, 0.25) is 0 Å². The van der Waals surface area contributed by atoms with Crippen LogP contribution in [0.1, 0.15) is 532 Å². The minimum atomic E-state index is -0.830. The Bertz CT molecular complexity index is 3010. The van der Waals surface area contributed by atoms with Crippen molar-refractivity contribution in [3.05, 3.63) is 93.0 Å². The van der Waals surface area contributed by atoms with Gasteiger partial charge in [0.25, 0.3) is 0 Å². The van der Waals surface area contributed by atoms with Gasteiger partial charge in [-0.25, -0.2) is 35.1 Å². The average Bonchev–Trinajstić information content (AvgIpc) is 0.743. The predicted octanol–water partition coefficient (Wildman–Crippen LogP) is 40.9. The van der Waals surface area contributed by atoms with E-state index in [1.807, 2.05) is 0 Å². The van der Waals surface area contributed by atoms with E-state index in [1.54, 1.807) is 24.3 Å². The molecular weight excluding hydrogens is 1900 g/mol. The van der Waals surface area contributed by atoms with E-state index < -0.39 is 77.1 Å². The standard InChI is InChI=1S/C124H208F8O8S4/c1-5-9-13-17-21-37-49-61-89-141-93-65-53-41-29-25-33-45-57-69-105-109-97-111(119(135-83-75-127)101-117(109)133-81-73-125)106(70-58-46-34-26-30-42-54-66-94-142-90-62-50-38-22-18-14-10-6-2)113-99-115(123(139-87-79-131)103-121(113)137-85-77-129)108(72-60-48-36-28-32-44-56-68-96-144-92-64-52-40-24-20-16-12-8-4)116-100-114(122(138-86-78-130)104-124(116)140-88-80-132)107(112-98-110(105)118(134-82-74-126)102-120(112)136-84-76-128)71-59-47-35-27-31-43-55-67-95-143-91-63-51-39-23-19-15-11-7-3/h97-108H,5-96H2,1-4H3. The van der Waals surface area contributed by atoms with Crippen molar-refractivity contribution in [2.45, 2.75) is 488 Å². The first-order valence-corrected chi connectivity index (χ1v) is 64.4. The van der Waals surface area contributed by atoms with Gasteiger partial charge in [-0.05, 0) is 147 Å². The normalized spacial score (nSPS) is 14.1. The first-order chi connectivity index (χ1) is 71.2. The third-order valence-corrected chi connectivity index (χ3v) is 33.6. The molecule has 0 spiro atoms. The summed E-state index contributed by atoms with van der Waals surface area (Å²) in [7, 11) is 0. The van der Waals surface area contributed by atoms with Crippen LogP contribution in [0.25, 0.3) is 0 Å². The minimum absolute atomic E-state index is 0.312. The van der Waals surface area contributed by atoms with Crippen molar-refractivity contribution < 1.29 is 73.0 Å². The number of benzene rings is 4. The maximum Gasteiger partial charge on any atom is 0.126 e. The molecule has 20 heteroatoms. The zero-order valence-corrected chi connectivity index (χ0v) is 95.2. The Morgan fingerprint density at radius 1 is 0.153 bits per heavy atom. The van der Waals surface area contributed by atoms with Gasteiger partial charge in [0.2, 0.25) is 0 Å². The summed E-state index contributed by atoms with van der Waals surface area (Å²) in [4.78, 5) is 0. The van der Waals surface area contributed by atoms with Crippen molar-refractivity contribution >= 4 is 47.0 Å². The Morgan fingerprint density at radius 3 is 0.382 bits per heavy atom. The number of fused-ring (bicyclic) bond motifs is 8. The quantitative estimate of drug-likeness (QED) is 0.0312. The smallest absolute Gasteiger partial charge is 0.126 e. The summed E-state index contributed by atoms with van der Waals surface area (Å²) in [5.74, 6) is 9.59. The van der Waals surface area contributed by atoms with Gasteiger partial charge in [0, 0.05) is 92.4 Å². The number of hydrogen-bond acceptors (Lipinski definition) is 12. The summed E-state index contributed by atoms with van der Waals surface area (Å²) in [6, 6.07) is 15.6. The number of unbranched alkanes of at least 4 members (excludes halogenated alkanes) is 56. The average molecular weight is 2110 g/mol. The molecule has 0 atom stereocenters. The van der Waals surface area contributed by atoms with Gasteiger partial charge in [0.05, 0.1) is 0 Å². The molecule has 5 rings (SSSR count). The van der Waals surface area contributed by atoms with E-state index >= 15 is 35.1 Å². The fourth-order valence-electron chi connectivity index (χ4n) is 20.9. The van der Waals surface area contributed by atoms with Crippen molar-refractivity contribution in [2.75, 3.05) is 152 Å². The molecule has 8 nitrogen and oxygen atoms in total. The molecule has 0 unspecified atom stereocenters. The number of rotatable bonds is 104. The van der Waals surface area contributed by atoms with Crippen molar-refractivity contribution in [1.29, 1.82) is 0 Å². The molecule has 4 aromatic rings. The van der Waals surface area contributed by atoms with Crippen LogP contribution in [-0.4, -0.2) is 152 Å². The van der Waals surface area contributed by atoms with E-state index in [4.69, 9.17) is 37.9 Å². The van der Waals surface area contributed by atoms with Crippen LogP contribution in [0.3, 0.4) is 0 Å². The highest BCUT2D eigenvalue weighted by Gasteiger charge is 2.36. The molecule has 0 N–H and O–H groups in total. The van der Waals surface area contributed by atoms with E-state index in [2.05, 4.69) is 99.0 Å². The Hall–Kier alpha value is -3.88. The molecule has 1 aliphatic carbocycles. The molecule has 0 amide bonds. The molecule has 0 radical (unpaired) electrons. The molecule has 0 fully saturated rings. The van der Waals surface area contributed by atoms with Gasteiger partial charge in [-0.2, -0.15) is 47.0 Å². The first kappa shape index (κ1) is 131. The van der Waals surface area contributed by atoms with Crippen LogP contribution in [0.5, 0.6) is 46.0 Å². The van der Waals surface area contributed by atoms with Crippen molar-refractivity contribution in [3.63, 3.8) is 0 Å². The first-order valence-electron chi connectivity index (χ1n) is 59.8. The number of ether oxygens (including phenoxy) is 8. The third kappa shape index (κ3) is 60.0. The lowest BCUT2D eigenvalue weighted by atomic mass is 9.76. The molecule has 0 saturated carbocycles. The summed E-state index contributed by atoms with van der Waals surface area (Å²) in [5.41, 5.74) is 5.31. The molecule has 0 aromatic heterocycles. The van der Waals surface area contributed by atoms with Crippen LogP contribution < -0.4 is 37.9 Å². The number of thioether (sulfide) groups is 4. The largest absolute Gasteiger partial charge is 0.490 e. The van der Waals surface area contributed by atoms with E-state index in [0.717, 1.165) is 154 Å². The second-order valence-electron chi connectivity index (χ2n) is 41.0. The summed E-state index contributed by atoms with van der Waals surface area (Å²) in [6.07, 6.45) is 77.8. The molecule has 0 saturated heterocycles. The van der Waals surface area contributed by atoms with E-state index in [-0.39, 0.29) is 52.9 Å². The van der Waals surface area contributed by atoms with Crippen LogP contribution in [-0.2, 0) is 0 Å². The van der Waals surface area contributed by atoms with Crippen LogP contribution in [0.15, 0.2) is 48.5 Å². The van der Waals surface area contributed by atoms with Gasteiger partial charge in [0.1, 0.15) is 152 Å². The van der Waals surface area contributed by atoms with Crippen LogP contribution >= 0.6 is 47.0 Å². The zero-order chi connectivity index (χ0) is 103. The molecule has 0 heterocycles. The van der Waals surface area contributed by atoms with Crippen molar-refractivity contribution in [1.82, 2.24) is 0 Å². The highest BCUT2D eigenvalue weighted by Crippen LogP contribution is 2.55. The molecule has 0 aliphatic heterocycles. The highest BCUT2D eigenvalue weighted by atomic mass is 32.2. The number of halogens is 8. The lowest BCUT2D eigenvalue weighted by Gasteiger charge is -2.32. The van der Waals surface area contributed by atoms with E-state index in [0.29, 0.717) is 116 Å². The Labute approximate surface area is 893 Å². The zero-order valence-electron chi connectivity index (χ0n) is 91.9. The minimum Gasteiger partial charge on any atom is -0.490 e. The maximum atomic E-state index is 15.4. The summed E-state index contributed by atoms with van der Waals surface area (Å²) in [6.45, 7) is -0.147. The van der Waals surface area contributed by atoms with Crippen LogP contribution in [0.4, 0.5) is 35.1 Å². The monoisotopic (exact) mass is 2110 g/mol. The number of hydrogen-bond donors (Lipinski definition) is 0. The summed E-state index contributed by atoms with van der Waals surface area (Å²) in [5, 5.41) is 0. The fourth-order valence-corrected chi connectivity index (χ4v) is 25.0. The van der Waals surface area contributed by atoms with E-state index in [9.17, 15) is 0 Å². The lowest BCUT2D eigenvalue weighted by molar-refractivity contribution is 0.252. The highest BCUT2D eigenvalue weighted by molar-refractivity contribution is 7.99. The summed E-state index contributed by atoms with van der Waals surface area (Å²) >= 11 is 8.40. The molecule has 4 aromatic carbocycles. The SMILES string of the molecule is CCCCCCCCCCSCCCCCCCCCCC1c2cc(c(OCCF)cc2OCCF)C(CCCCCCCCCCSCCCCCCCCCC)c2cc(c(OCCF)cc2OCCF)C(CCCCCCCCCCSCCCCCCCCCC)c2cc(c(OCCF)cc2OCCF)C(CCCCCCCCCCSCCCCCCCCCC)c2cc1c(OCCF)cc2OCCF. The van der Waals surface area contributed by atoms with Gasteiger partial charge < -0.3 is 37.9 Å². The Morgan fingerprint density at radius 2 is 0.264 bits per heavy atom. The van der Waals surface area contributed by atoms with Crippen LogP contribution in [0, 0.1) is 0 Å². The van der Waals surface area contributed by atoms with E-state index in [1.165, 1.54) is 303 Å². The van der Waals surface area contributed by atoms with Crippen molar-refractivity contribution in [3.8, 4) is 46.0 Å². The topological polar surface area (TPSA) is 73.8 Å². The molecule has 832 valence electrons. The molecule has 1 aliphatic rings. The Kier molecular flexibility index (Phi) is 85.1. The van der Waals surface area contributed by atoms with Gasteiger partial charge >= 0.3 is 0 Å². The summed E-state index contributed by atoms with van der Waals surface area (Å²) < 4.78 is 177. The van der Waals surface area contributed by atoms with Gasteiger partial charge in [-0.15, -0.1) is 0 Å². The van der Waals surface area contributed by atoms with Gasteiger partial charge in [-0.3, -0.25) is 0 Å². The van der Waals surface area contributed by atoms with Gasteiger partial charge in [0.15, 0.2) is 0 Å².